The molecule has 3 atom stereocenters. The molecule has 0 aromatic carbocycles. The minimum absolute atomic E-state index is 0.0117. The molecule has 1 amide bonds. The van der Waals surface area contributed by atoms with E-state index in [0.29, 0.717) is 17.8 Å². The second-order valence-electron chi connectivity index (χ2n) is 8.84. The Kier molecular flexibility index (Phi) is 5.19. The molecule has 1 aliphatic carbocycles. The number of nitrogens with zero attached hydrogens (tertiary/aromatic N) is 5. The Morgan fingerprint density at radius 1 is 1.24 bits per heavy atom. The van der Waals surface area contributed by atoms with E-state index in [4.69, 9.17) is 19.4 Å². The highest BCUT2D eigenvalue weighted by molar-refractivity contribution is 6.00. The first-order chi connectivity index (χ1) is 16.7. The Bertz CT molecular complexity index is 1320. The minimum Gasteiger partial charge on any atom is -0.379 e. The van der Waals surface area contributed by atoms with Crippen molar-refractivity contribution in [2.45, 2.75) is 37.5 Å². The fourth-order valence-electron chi connectivity index (χ4n) is 4.90. The van der Waals surface area contributed by atoms with Crippen molar-refractivity contribution in [3.8, 4) is 22.6 Å². The van der Waals surface area contributed by atoms with Crippen LogP contribution >= 0.6 is 0 Å². The number of methoxy groups -OCH3 is 1. The van der Waals surface area contributed by atoms with Crippen molar-refractivity contribution in [3.63, 3.8) is 0 Å². The second kappa shape index (κ2) is 8.37. The van der Waals surface area contributed by atoms with Crippen LogP contribution in [0.15, 0.2) is 36.8 Å². The lowest BCUT2D eigenvalue weighted by atomic mass is 9.89. The molecule has 3 aliphatic heterocycles. The van der Waals surface area contributed by atoms with Gasteiger partial charge in [0, 0.05) is 50.4 Å². The Labute approximate surface area is 196 Å². The quantitative estimate of drug-likeness (QED) is 0.454. The number of fused-ring (bicyclic) bond motifs is 2. The highest BCUT2D eigenvalue weighted by Gasteiger charge is 2.33. The number of hydrogen-bond acceptors (Lipinski definition) is 7. The fraction of sp³-hybridized carbons (Fsp3) is 0.417. The number of hydrogen-bond donors (Lipinski definition) is 2. The summed E-state index contributed by atoms with van der Waals surface area (Å²) >= 11 is 0. The van der Waals surface area contributed by atoms with Crippen molar-refractivity contribution in [1.82, 2.24) is 29.5 Å². The largest absolute Gasteiger partial charge is 0.379 e. The zero-order valence-corrected chi connectivity index (χ0v) is 19.2. The number of ether oxygens (including phenoxy) is 2. The van der Waals surface area contributed by atoms with E-state index in [1.54, 1.807) is 17.8 Å². The number of aromatic nitrogens is 5. The Morgan fingerprint density at radius 3 is 2.88 bits per heavy atom. The maximum atomic E-state index is 13.1. The lowest BCUT2D eigenvalue weighted by molar-refractivity contribution is 0.00732. The van der Waals surface area contributed by atoms with Crippen molar-refractivity contribution in [2.75, 3.05) is 32.7 Å². The number of nitrogens with one attached hydrogen (secondary N) is 2. The number of amides is 1. The highest BCUT2D eigenvalue weighted by atomic mass is 16.5. The molecule has 10 heteroatoms. The molecule has 2 aromatic heterocycles. The summed E-state index contributed by atoms with van der Waals surface area (Å²) in [5, 5.41) is 10.7. The van der Waals surface area contributed by atoms with Gasteiger partial charge in [0.15, 0.2) is 5.65 Å². The third-order valence-electron chi connectivity index (χ3n) is 6.98. The molecular weight excluding hydrogens is 434 g/mol. The van der Waals surface area contributed by atoms with E-state index in [1.807, 2.05) is 25.4 Å². The Balaban J connectivity index is 1.39. The molecule has 1 unspecified atom stereocenters. The predicted octanol–water partition coefficient (Wildman–Crippen LogP) is 2.61. The maximum Gasteiger partial charge on any atom is 0.257 e. The van der Waals surface area contributed by atoms with E-state index in [2.05, 4.69) is 32.6 Å². The van der Waals surface area contributed by atoms with Gasteiger partial charge in [-0.25, -0.2) is 9.97 Å². The van der Waals surface area contributed by atoms with E-state index in [9.17, 15) is 4.79 Å². The van der Waals surface area contributed by atoms with E-state index in [0.717, 1.165) is 54.3 Å². The van der Waals surface area contributed by atoms with Gasteiger partial charge in [-0.3, -0.25) is 4.79 Å². The molecule has 5 heterocycles. The standard InChI is InChI=1S/C24H27N7O3/c1-25-21-10-19(16-11-26-22-15(16)4-3-8-30(22)14-7-9-34-13-14)28-23-17(12-27-31(21)23)24(32)29-18-5-6-20(18)33-2/h3-4,8,10-12,14,18,20,25H,5-7,9,13H2,1-2H3,(H,29,32)/t14-,18?,20-/m0/s1. The molecule has 2 N–H and O–H groups in total. The molecule has 4 aliphatic rings. The minimum atomic E-state index is -0.196. The van der Waals surface area contributed by atoms with Gasteiger partial charge in [-0.15, -0.1) is 0 Å². The number of rotatable bonds is 6. The topological polar surface area (TPSA) is 108 Å². The second-order valence-corrected chi connectivity index (χ2v) is 8.84. The summed E-state index contributed by atoms with van der Waals surface area (Å²) in [6.45, 7) is 1.46. The van der Waals surface area contributed by atoms with Gasteiger partial charge in [-0.1, -0.05) is 0 Å². The van der Waals surface area contributed by atoms with Crippen LogP contribution in [0, 0.1) is 0 Å². The van der Waals surface area contributed by atoms with Gasteiger partial charge in [-0.2, -0.15) is 9.61 Å². The van der Waals surface area contributed by atoms with Crippen LogP contribution in [0.3, 0.4) is 0 Å². The molecular formula is C24H27N7O3. The molecule has 0 radical (unpaired) electrons. The average Bonchev–Trinajstić information content (AvgIpc) is 3.60. The first-order valence-electron chi connectivity index (χ1n) is 11.6. The lowest BCUT2D eigenvalue weighted by Crippen LogP contribution is -2.51. The summed E-state index contributed by atoms with van der Waals surface area (Å²) in [4.78, 5) is 22.7. The van der Waals surface area contributed by atoms with Crippen LogP contribution in [0.5, 0.6) is 0 Å². The molecule has 10 nitrogen and oxygen atoms in total. The highest BCUT2D eigenvalue weighted by Crippen LogP contribution is 2.36. The van der Waals surface area contributed by atoms with Gasteiger partial charge in [0.2, 0.25) is 0 Å². The molecule has 6 rings (SSSR count). The van der Waals surface area contributed by atoms with E-state index in [-0.39, 0.29) is 24.1 Å². The summed E-state index contributed by atoms with van der Waals surface area (Å²) in [5.74, 6) is 1.44. The van der Waals surface area contributed by atoms with Crippen LogP contribution in [-0.4, -0.2) is 69.6 Å². The van der Waals surface area contributed by atoms with Crippen LogP contribution in [0.4, 0.5) is 5.82 Å². The number of anilines is 1. The smallest absolute Gasteiger partial charge is 0.257 e. The number of pyridine rings is 1. The number of carbonyl (C=O) groups is 1. The summed E-state index contributed by atoms with van der Waals surface area (Å²) in [6.07, 6.45) is 8.36. The summed E-state index contributed by atoms with van der Waals surface area (Å²) in [6, 6.07) is 6.31. The third kappa shape index (κ3) is 3.33. The predicted molar refractivity (Wildman–Crippen MR) is 126 cm³/mol. The molecule has 0 bridgehead atoms. The fourth-order valence-corrected chi connectivity index (χ4v) is 4.90. The van der Waals surface area contributed by atoms with Crippen molar-refractivity contribution < 1.29 is 14.3 Å². The van der Waals surface area contributed by atoms with Crippen molar-refractivity contribution in [2.24, 2.45) is 0 Å². The molecule has 0 spiro atoms. The van der Waals surface area contributed by atoms with Gasteiger partial charge >= 0.3 is 0 Å². The summed E-state index contributed by atoms with van der Waals surface area (Å²) in [5.41, 5.74) is 3.58. The Morgan fingerprint density at radius 2 is 2.15 bits per heavy atom. The van der Waals surface area contributed by atoms with Crippen molar-refractivity contribution >= 4 is 17.4 Å². The normalized spacial score (nSPS) is 22.2. The van der Waals surface area contributed by atoms with Crippen LogP contribution in [0.1, 0.15) is 35.7 Å². The van der Waals surface area contributed by atoms with Crippen molar-refractivity contribution in [1.29, 1.82) is 0 Å². The Hall–Kier alpha value is -3.50. The third-order valence-corrected chi connectivity index (χ3v) is 6.98. The molecule has 176 valence electrons. The molecule has 1 saturated heterocycles. The monoisotopic (exact) mass is 461 g/mol. The molecule has 2 aromatic rings. The van der Waals surface area contributed by atoms with Gasteiger partial charge in [0.05, 0.1) is 36.7 Å². The molecule has 34 heavy (non-hydrogen) atoms. The maximum absolute atomic E-state index is 13.1. The van der Waals surface area contributed by atoms with E-state index < -0.39 is 0 Å². The average molecular weight is 462 g/mol. The van der Waals surface area contributed by atoms with Crippen LogP contribution in [0.25, 0.3) is 28.3 Å². The van der Waals surface area contributed by atoms with Gasteiger partial charge in [-0.05, 0) is 31.4 Å². The van der Waals surface area contributed by atoms with Gasteiger partial charge in [0.25, 0.3) is 5.91 Å². The van der Waals surface area contributed by atoms with Gasteiger partial charge < -0.3 is 24.7 Å². The summed E-state index contributed by atoms with van der Waals surface area (Å²) < 4.78 is 14.8. The van der Waals surface area contributed by atoms with E-state index in [1.165, 1.54) is 0 Å². The van der Waals surface area contributed by atoms with Crippen LogP contribution in [-0.2, 0) is 9.47 Å². The first-order valence-corrected chi connectivity index (χ1v) is 11.6. The SMILES string of the molecule is CNc1cc(-c2cnc3n([C@H]4CCOC4)cccc2-3)nc2c(C(=O)NC3CC[C@@H]3OC)cnn12. The zero-order valence-electron chi connectivity index (χ0n) is 19.2. The van der Waals surface area contributed by atoms with Crippen LogP contribution in [0.2, 0.25) is 0 Å². The van der Waals surface area contributed by atoms with E-state index >= 15 is 0 Å². The molecule has 2 fully saturated rings. The molecule has 1 saturated carbocycles. The first kappa shape index (κ1) is 21.1. The number of carbonyl (C=O) groups excluding carboxylic acids is 1. The van der Waals surface area contributed by atoms with Gasteiger partial charge in [0.1, 0.15) is 17.2 Å². The van der Waals surface area contributed by atoms with Crippen LogP contribution < -0.4 is 10.6 Å². The zero-order chi connectivity index (χ0) is 23.2. The summed E-state index contributed by atoms with van der Waals surface area (Å²) in [7, 11) is 3.50. The lowest BCUT2D eigenvalue weighted by Gasteiger charge is -2.35. The van der Waals surface area contributed by atoms with Crippen molar-refractivity contribution in [3.05, 3.63) is 42.4 Å².